The Morgan fingerprint density at radius 3 is 2.50 bits per heavy atom. The lowest BCUT2D eigenvalue weighted by Crippen LogP contribution is -2.30. The molecule has 0 saturated carbocycles. The van der Waals surface area contributed by atoms with E-state index in [1.165, 1.54) is 31.3 Å². The van der Waals surface area contributed by atoms with Crippen LogP contribution in [0, 0.1) is 11.8 Å². The standard InChI is InChI=1S/C16H25NO.2C2H6/c1-3-13(4-2)15-8-11-18-16(12-15)14-6-5-9-17-10-7-14;2*1-2/h6-7,9-10,13,15-16H,3-5,8,11-12H2,1-2H3;2*1-2H3. The molecule has 0 aromatic carbocycles. The van der Waals surface area contributed by atoms with Crippen molar-refractivity contribution < 1.29 is 4.74 Å². The Balaban J connectivity index is 0.00000102. The summed E-state index contributed by atoms with van der Waals surface area (Å²) in [7, 11) is 0. The summed E-state index contributed by atoms with van der Waals surface area (Å²) in [5.74, 6) is 1.69. The van der Waals surface area contributed by atoms with E-state index in [2.05, 4.69) is 31.0 Å². The molecule has 2 nitrogen and oxygen atoms in total. The third kappa shape index (κ3) is 6.91. The molecule has 1 fully saturated rings. The van der Waals surface area contributed by atoms with E-state index in [0.717, 1.165) is 24.9 Å². The summed E-state index contributed by atoms with van der Waals surface area (Å²) in [5, 5.41) is 0. The fourth-order valence-corrected chi connectivity index (χ4v) is 3.18. The maximum absolute atomic E-state index is 5.97. The second kappa shape index (κ2) is 13.8. The molecule has 2 heterocycles. The smallest absolute Gasteiger partial charge is 0.0825 e. The summed E-state index contributed by atoms with van der Waals surface area (Å²) < 4.78 is 5.97. The summed E-state index contributed by atoms with van der Waals surface area (Å²) in [4.78, 5) is 4.19. The lowest BCUT2D eigenvalue weighted by Gasteiger charge is -2.34. The number of allylic oxidation sites excluding steroid dienone is 1. The molecular formula is C20H37NO. The highest BCUT2D eigenvalue weighted by atomic mass is 16.5. The van der Waals surface area contributed by atoms with Crippen molar-refractivity contribution in [2.24, 2.45) is 16.8 Å². The van der Waals surface area contributed by atoms with Crippen LogP contribution >= 0.6 is 0 Å². The van der Waals surface area contributed by atoms with Crippen LogP contribution in [0.1, 0.15) is 73.6 Å². The zero-order valence-corrected chi connectivity index (χ0v) is 15.6. The van der Waals surface area contributed by atoms with Gasteiger partial charge in [0.1, 0.15) is 0 Å². The van der Waals surface area contributed by atoms with Gasteiger partial charge in [-0.3, -0.25) is 4.99 Å². The second-order valence-electron chi connectivity index (χ2n) is 5.31. The van der Waals surface area contributed by atoms with Crippen molar-refractivity contribution in [3.8, 4) is 0 Å². The third-order valence-electron chi connectivity index (χ3n) is 4.33. The van der Waals surface area contributed by atoms with E-state index in [9.17, 15) is 0 Å². The van der Waals surface area contributed by atoms with E-state index >= 15 is 0 Å². The highest BCUT2D eigenvalue weighted by molar-refractivity contribution is 5.62. The molecule has 2 aliphatic heterocycles. The van der Waals surface area contributed by atoms with Gasteiger partial charge >= 0.3 is 0 Å². The normalized spacial score (nSPS) is 23.7. The van der Waals surface area contributed by atoms with Crippen molar-refractivity contribution >= 4 is 6.21 Å². The molecule has 0 spiro atoms. The summed E-state index contributed by atoms with van der Waals surface area (Å²) in [6.07, 6.45) is 14.4. The molecule has 0 aliphatic carbocycles. The van der Waals surface area contributed by atoms with Gasteiger partial charge in [0, 0.05) is 25.4 Å². The van der Waals surface area contributed by atoms with Gasteiger partial charge in [0.2, 0.25) is 0 Å². The van der Waals surface area contributed by atoms with Crippen LogP contribution in [0.2, 0.25) is 0 Å². The number of rotatable bonds is 4. The molecule has 0 amide bonds. The van der Waals surface area contributed by atoms with Crippen molar-refractivity contribution in [1.29, 1.82) is 0 Å². The lowest BCUT2D eigenvalue weighted by atomic mass is 9.79. The molecule has 2 heteroatoms. The van der Waals surface area contributed by atoms with Gasteiger partial charge < -0.3 is 4.74 Å². The van der Waals surface area contributed by atoms with Gasteiger partial charge in [0.25, 0.3) is 0 Å². The summed E-state index contributed by atoms with van der Waals surface area (Å²) >= 11 is 0. The number of nitrogens with zero attached hydrogens (tertiary/aromatic N) is 1. The van der Waals surface area contributed by atoms with Crippen LogP contribution < -0.4 is 0 Å². The van der Waals surface area contributed by atoms with Gasteiger partial charge in [0.05, 0.1) is 6.10 Å². The SMILES string of the molecule is CC.CC.CCC(CC)C1CCOC(C2=CCC=NC=C2)C1. The Morgan fingerprint density at radius 1 is 1.18 bits per heavy atom. The largest absolute Gasteiger partial charge is 0.374 e. The highest BCUT2D eigenvalue weighted by Crippen LogP contribution is 2.34. The van der Waals surface area contributed by atoms with Gasteiger partial charge in [-0.25, -0.2) is 0 Å². The van der Waals surface area contributed by atoms with Crippen molar-refractivity contribution in [2.45, 2.75) is 79.8 Å². The summed E-state index contributed by atoms with van der Waals surface area (Å²) in [6.45, 7) is 13.5. The number of hydrogen-bond donors (Lipinski definition) is 0. The summed E-state index contributed by atoms with van der Waals surface area (Å²) in [5.41, 5.74) is 1.32. The Hall–Kier alpha value is -0.890. The van der Waals surface area contributed by atoms with E-state index in [1.807, 2.05) is 40.1 Å². The Labute approximate surface area is 138 Å². The molecule has 0 radical (unpaired) electrons. The molecule has 0 aromatic heterocycles. The average Bonchev–Trinajstić information content (AvgIpc) is 2.89. The molecule has 2 unspecified atom stereocenters. The Kier molecular flexibility index (Phi) is 13.2. The molecular weight excluding hydrogens is 270 g/mol. The van der Waals surface area contributed by atoms with Crippen molar-refractivity contribution in [1.82, 2.24) is 0 Å². The van der Waals surface area contributed by atoms with E-state index in [-0.39, 0.29) is 0 Å². The zero-order valence-electron chi connectivity index (χ0n) is 15.6. The maximum Gasteiger partial charge on any atom is 0.0825 e. The first-order chi connectivity index (χ1) is 10.8. The van der Waals surface area contributed by atoms with E-state index in [1.54, 1.807) is 0 Å². The minimum atomic E-state index is 0.294. The first-order valence-corrected chi connectivity index (χ1v) is 9.35. The van der Waals surface area contributed by atoms with Gasteiger partial charge in [-0.05, 0) is 36.3 Å². The van der Waals surface area contributed by atoms with E-state index in [4.69, 9.17) is 4.74 Å². The first kappa shape index (κ1) is 21.1. The van der Waals surface area contributed by atoms with Crippen LogP contribution in [0.3, 0.4) is 0 Å². The number of ether oxygens (including phenoxy) is 1. The molecule has 0 bridgehead atoms. The molecule has 0 N–H and O–H groups in total. The van der Waals surface area contributed by atoms with Crippen LogP contribution in [0.5, 0.6) is 0 Å². The topological polar surface area (TPSA) is 21.6 Å². The lowest BCUT2D eigenvalue weighted by molar-refractivity contribution is -0.00187. The third-order valence-corrected chi connectivity index (χ3v) is 4.33. The monoisotopic (exact) mass is 307 g/mol. The molecule has 0 aromatic rings. The van der Waals surface area contributed by atoms with Crippen molar-refractivity contribution in [2.75, 3.05) is 6.61 Å². The van der Waals surface area contributed by atoms with E-state index in [0.29, 0.717) is 6.10 Å². The quantitative estimate of drug-likeness (QED) is 0.607. The van der Waals surface area contributed by atoms with Gasteiger partial charge in [-0.15, -0.1) is 0 Å². The minimum absolute atomic E-state index is 0.294. The molecule has 2 aliphatic rings. The van der Waals surface area contributed by atoms with Crippen LogP contribution in [-0.2, 0) is 4.74 Å². The summed E-state index contributed by atoms with van der Waals surface area (Å²) in [6, 6.07) is 0. The molecule has 2 atom stereocenters. The van der Waals surface area contributed by atoms with Crippen molar-refractivity contribution in [3.05, 3.63) is 23.9 Å². The first-order valence-electron chi connectivity index (χ1n) is 9.35. The molecule has 2 rings (SSSR count). The minimum Gasteiger partial charge on any atom is -0.374 e. The van der Waals surface area contributed by atoms with Crippen LogP contribution in [-0.4, -0.2) is 18.9 Å². The van der Waals surface area contributed by atoms with E-state index < -0.39 is 0 Å². The average molecular weight is 308 g/mol. The van der Waals surface area contributed by atoms with Crippen molar-refractivity contribution in [3.63, 3.8) is 0 Å². The highest BCUT2D eigenvalue weighted by Gasteiger charge is 2.28. The number of aliphatic imine (C=N–C) groups is 1. The van der Waals surface area contributed by atoms with Gasteiger partial charge in [-0.2, -0.15) is 0 Å². The molecule has 22 heavy (non-hydrogen) atoms. The molecule has 1 saturated heterocycles. The maximum atomic E-state index is 5.97. The second-order valence-corrected chi connectivity index (χ2v) is 5.31. The fourth-order valence-electron chi connectivity index (χ4n) is 3.18. The van der Waals surface area contributed by atoms with Gasteiger partial charge in [0.15, 0.2) is 0 Å². The van der Waals surface area contributed by atoms with Crippen LogP contribution in [0.15, 0.2) is 28.9 Å². The predicted octanol–water partition coefficient (Wildman–Crippen LogP) is 6.18. The Morgan fingerprint density at radius 2 is 1.86 bits per heavy atom. The van der Waals surface area contributed by atoms with Gasteiger partial charge in [-0.1, -0.05) is 60.5 Å². The fraction of sp³-hybridized carbons (Fsp3) is 0.750. The zero-order chi connectivity index (χ0) is 16.8. The van der Waals surface area contributed by atoms with Crippen LogP contribution in [0.4, 0.5) is 0 Å². The van der Waals surface area contributed by atoms with Crippen LogP contribution in [0.25, 0.3) is 0 Å². The Bertz CT molecular complexity index is 340. The molecule has 128 valence electrons. The predicted molar refractivity (Wildman–Crippen MR) is 99.6 cm³/mol. The number of hydrogen-bond acceptors (Lipinski definition) is 2.